The molecule has 0 atom stereocenters. The molecule has 3 rings (SSSR count). The number of rotatable bonds is 4. The van der Waals surface area contributed by atoms with E-state index in [9.17, 15) is 4.79 Å². The Morgan fingerprint density at radius 3 is 2.85 bits per heavy atom. The Morgan fingerprint density at radius 1 is 1.25 bits per heavy atom. The number of ketones is 1. The standard InChI is InChI=1S/C16H16N2OS/c1-11-7-15(20-17-11)10-14(19)9-12-3-4-16-13(8-12)5-6-18(16)2/h3-8H,9-10H2,1-2H3. The van der Waals surface area contributed by atoms with Crippen molar-refractivity contribution in [1.82, 2.24) is 8.94 Å². The molecule has 0 bridgehead atoms. The van der Waals surface area contributed by atoms with E-state index >= 15 is 0 Å². The van der Waals surface area contributed by atoms with E-state index in [2.05, 4.69) is 27.1 Å². The maximum atomic E-state index is 12.1. The van der Waals surface area contributed by atoms with Crippen molar-refractivity contribution in [2.75, 3.05) is 0 Å². The highest BCUT2D eigenvalue weighted by Gasteiger charge is 2.08. The number of aromatic nitrogens is 2. The van der Waals surface area contributed by atoms with E-state index < -0.39 is 0 Å². The van der Waals surface area contributed by atoms with E-state index in [1.165, 1.54) is 22.4 Å². The first-order valence-electron chi connectivity index (χ1n) is 6.60. The lowest BCUT2D eigenvalue weighted by Crippen LogP contribution is -2.05. The van der Waals surface area contributed by atoms with E-state index in [-0.39, 0.29) is 5.78 Å². The molecule has 0 spiro atoms. The minimum atomic E-state index is 0.240. The molecule has 0 saturated carbocycles. The van der Waals surface area contributed by atoms with E-state index in [0.717, 1.165) is 16.1 Å². The fourth-order valence-electron chi connectivity index (χ4n) is 2.43. The summed E-state index contributed by atoms with van der Waals surface area (Å²) < 4.78 is 6.29. The maximum Gasteiger partial charge on any atom is 0.142 e. The summed E-state index contributed by atoms with van der Waals surface area (Å²) in [6, 6.07) is 10.3. The van der Waals surface area contributed by atoms with Crippen LogP contribution in [0, 0.1) is 6.92 Å². The number of carbonyl (C=O) groups is 1. The van der Waals surface area contributed by atoms with Gasteiger partial charge in [-0.1, -0.05) is 6.07 Å². The molecule has 2 heterocycles. The van der Waals surface area contributed by atoms with Crippen LogP contribution in [0.1, 0.15) is 16.1 Å². The molecule has 0 fully saturated rings. The Kier molecular flexibility index (Phi) is 3.40. The zero-order valence-electron chi connectivity index (χ0n) is 11.6. The van der Waals surface area contributed by atoms with Crippen molar-refractivity contribution < 1.29 is 4.79 Å². The molecule has 20 heavy (non-hydrogen) atoms. The van der Waals surface area contributed by atoms with Crippen LogP contribution in [0.5, 0.6) is 0 Å². The topological polar surface area (TPSA) is 34.9 Å². The third-order valence-corrected chi connectivity index (χ3v) is 4.28. The quantitative estimate of drug-likeness (QED) is 0.737. The smallest absolute Gasteiger partial charge is 0.142 e. The van der Waals surface area contributed by atoms with Crippen LogP contribution < -0.4 is 0 Å². The number of fused-ring (bicyclic) bond motifs is 1. The van der Waals surface area contributed by atoms with E-state index in [1.807, 2.05) is 32.3 Å². The van der Waals surface area contributed by atoms with Gasteiger partial charge in [0.1, 0.15) is 5.78 Å². The molecule has 0 saturated heterocycles. The first-order valence-corrected chi connectivity index (χ1v) is 7.37. The van der Waals surface area contributed by atoms with Crippen LogP contribution in [0.15, 0.2) is 36.5 Å². The molecule has 3 nitrogen and oxygen atoms in total. The fourth-order valence-corrected chi connectivity index (χ4v) is 3.19. The largest absolute Gasteiger partial charge is 0.351 e. The zero-order chi connectivity index (χ0) is 14.1. The zero-order valence-corrected chi connectivity index (χ0v) is 12.4. The van der Waals surface area contributed by atoms with Crippen LogP contribution in [-0.4, -0.2) is 14.7 Å². The predicted octanol–water partition coefficient (Wildman–Crippen LogP) is 3.30. The molecule has 0 radical (unpaired) electrons. The van der Waals surface area contributed by atoms with Crippen LogP contribution in [0.25, 0.3) is 10.9 Å². The van der Waals surface area contributed by atoms with Gasteiger partial charge in [0.15, 0.2) is 0 Å². The van der Waals surface area contributed by atoms with Gasteiger partial charge in [0.2, 0.25) is 0 Å². The Bertz CT molecular complexity index is 770. The first kappa shape index (κ1) is 13.1. The summed E-state index contributed by atoms with van der Waals surface area (Å²) in [5, 5.41) is 1.19. The van der Waals surface area contributed by atoms with Crippen LogP contribution >= 0.6 is 11.5 Å². The van der Waals surface area contributed by atoms with Crippen molar-refractivity contribution in [1.29, 1.82) is 0 Å². The Morgan fingerprint density at radius 2 is 2.10 bits per heavy atom. The maximum absolute atomic E-state index is 12.1. The number of hydrogen-bond acceptors (Lipinski definition) is 3. The summed E-state index contributed by atoms with van der Waals surface area (Å²) in [6.45, 7) is 1.95. The number of nitrogens with zero attached hydrogens (tertiary/aromatic N) is 2. The van der Waals surface area contributed by atoms with Gasteiger partial charge in [-0.25, -0.2) is 0 Å². The summed E-state index contributed by atoms with van der Waals surface area (Å²) in [4.78, 5) is 13.2. The lowest BCUT2D eigenvalue weighted by Gasteiger charge is -2.02. The van der Waals surface area contributed by atoms with Gasteiger partial charge in [0, 0.05) is 36.5 Å². The highest BCUT2D eigenvalue weighted by molar-refractivity contribution is 7.05. The van der Waals surface area contributed by atoms with Crippen molar-refractivity contribution in [3.05, 3.63) is 52.7 Å². The van der Waals surface area contributed by atoms with E-state index in [1.54, 1.807) is 0 Å². The molecule has 3 aromatic rings. The molecule has 4 heteroatoms. The molecule has 0 N–H and O–H groups in total. The van der Waals surface area contributed by atoms with Crippen LogP contribution in [0.3, 0.4) is 0 Å². The molecule has 0 aliphatic rings. The molecule has 102 valence electrons. The second-order valence-corrected chi connectivity index (χ2v) is 6.04. The highest BCUT2D eigenvalue weighted by atomic mass is 32.1. The van der Waals surface area contributed by atoms with Crippen LogP contribution in [0.2, 0.25) is 0 Å². The molecule has 2 aromatic heterocycles. The van der Waals surface area contributed by atoms with Crippen LogP contribution in [-0.2, 0) is 24.7 Å². The molecule has 1 aromatic carbocycles. The number of carbonyl (C=O) groups excluding carboxylic acids is 1. The molecule has 0 unspecified atom stereocenters. The van der Waals surface area contributed by atoms with Crippen molar-refractivity contribution in [2.24, 2.45) is 7.05 Å². The van der Waals surface area contributed by atoms with E-state index in [0.29, 0.717) is 12.8 Å². The number of benzene rings is 1. The lowest BCUT2D eigenvalue weighted by molar-refractivity contribution is -0.117. The Hall–Kier alpha value is -1.94. The van der Waals surface area contributed by atoms with Gasteiger partial charge in [-0.3, -0.25) is 4.79 Å². The average Bonchev–Trinajstić information content (AvgIpc) is 2.96. The summed E-state index contributed by atoms with van der Waals surface area (Å²) in [5.74, 6) is 0.240. The summed E-state index contributed by atoms with van der Waals surface area (Å²) >= 11 is 1.42. The van der Waals surface area contributed by atoms with Gasteiger partial charge in [-0.2, -0.15) is 4.37 Å². The van der Waals surface area contributed by atoms with Crippen molar-refractivity contribution in [3.63, 3.8) is 0 Å². The van der Waals surface area contributed by atoms with Gasteiger partial charge in [0.05, 0.1) is 5.69 Å². The molecule has 0 aliphatic carbocycles. The van der Waals surface area contributed by atoms with Gasteiger partial charge in [-0.15, -0.1) is 0 Å². The minimum absolute atomic E-state index is 0.240. The number of Topliss-reactive ketones (excluding diaryl/α,β-unsaturated/α-hetero) is 1. The van der Waals surface area contributed by atoms with Crippen molar-refractivity contribution in [3.8, 4) is 0 Å². The summed E-state index contributed by atoms with van der Waals surface area (Å²) in [6.07, 6.45) is 3.01. The van der Waals surface area contributed by atoms with Crippen LogP contribution in [0.4, 0.5) is 0 Å². The number of hydrogen-bond donors (Lipinski definition) is 0. The van der Waals surface area contributed by atoms with E-state index in [4.69, 9.17) is 0 Å². The molecule has 0 aliphatic heterocycles. The van der Waals surface area contributed by atoms with Crippen molar-refractivity contribution in [2.45, 2.75) is 19.8 Å². The van der Waals surface area contributed by atoms with Gasteiger partial charge >= 0.3 is 0 Å². The summed E-state index contributed by atoms with van der Waals surface area (Å²) in [5.41, 5.74) is 3.26. The monoisotopic (exact) mass is 284 g/mol. The molecular weight excluding hydrogens is 268 g/mol. The van der Waals surface area contributed by atoms with Crippen molar-refractivity contribution >= 4 is 28.2 Å². The lowest BCUT2D eigenvalue weighted by atomic mass is 10.0. The average molecular weight is 284 g/mol. The second-order valence-electron chi connectivity index (χ2n) is 5.15. The predicted molar refractivity (Wildman–Crippen MR) is 82.2 cm³/mol. The minimum Gasteiger partial charge on any atom is -0.351 e. The fraction of sp³-hybridized carbons (Fsp3) is 0.250. The first-order chi connectivity index (χ1) is 9.61. The second kappa shape index (κ2) is 5.21. The number of aryl methyl sites for hydroxylation is 2. The molecular formula is C16H16N2OS. The third kappa shape index (κ3) is 2.65. The normalized spacial score (nSPS) is 11.1. The van der Waals surface area contributed by atoms with Gasteiger partial charge in [0.25, 0.3) is 0 Å². The third-order valence-electron chi connectivity index (χ3n) is 3.40. The van der Waals surface area contributed by atoms with Gasteiger partial charge in [-0.05, 0) is 53.7 Å². The highest BCUT2D eigenvalue weighted by Crippen LogP contribution is 2.18. The molecule has 0 amide bonds. The Balaban J connectivity index is 1.73. The summed E-state index contributed by atoms with van der Waals surface area (Å²) in [7, 11) is 2.03. The van der Waals surface area contributed by atoms with Gasteiger partial charge < -0.3 is 4.57 Å². The Labute approximate surface area is 122 Å². The SMILES string of the molecule is Cc1cc(CC(=O)Cc2ccc3c(ccn3C)c2)sn1.